The number of hydrogen-bond donors (Lipinski definition) is 1. The van der Waals surface area contributed by atoms with Crippen molar-refractivity contribution in [2.45, 2.75) is 59.1 Å². The zero-order valence-corrected chi connectivity index (χ0v) is 14.7. The van der Waals surface area contributed by atoms with Crippen molar-refractivity contribution >= 4 is 5.97 Å². The van der Waals surface area contributed by atoms with Gasteiger partial charge in [0.25, 0.3) is 5.56 Å². The van der Waals surface area contributed by atoms with Crippen LogP contribution in [0.25, 0.3) is 0 Å². The monoisotopic (exact) mass is 321 g/mol. The van der Waals surface area contributed by atoms with E-state index in [1.165, 1.54) is 6.07 Å². The van der Waals surface area contributed by atoms with Gasteiger partial charge in [-0.05, 0) is 60.5 Å². The number of nitrogens with zero attached hydrogens (tertiary/aromatic N) is 2. The van der Waals surface area contributed by atoms with E-state index in [4.69, 9.17) is 4.74 Å². The standard InChI is InChI=1S/C17H27N3O3/c1-11-10-14(21)19-15(18-11)12(2)20-8-6-13(7-9-20)16(22)23-17(3,4)5/h10,12-13H,6-9H2,1-5H3,(H,18,19,21)/t12-/m0/s1. The Kier molecular flexibility index (Phi) is 5.24. The van der Waals surface area contributed by atoms with Gasteiger partial charge in [0.1, 0.15) is 11.4 Å². The first kappa shape index (κ1) is 17.7. The molecule has 1 aromatic rings. The van der Waals surface area contributed by atoms with Crippen molar-refractivity contribution < 1.29 is 9.53 Å². The van der Waals surface area contributed by atoms with Crippen LogP contribution in [-0.2, 0) is 9.53 Å². The van der Waals surface area contributed by atoms with E-state index in [-0.39, 0.29) is 23.5 Å². The van der Waals surface area contributed by atoms with Crippen molar-refractivity contribution in [3.63, 3.8) is 0 Å². The van der Waals surface area contributed by atoms with Gasteiger partial charge in [0, 0.05) is 11.8 Å². The molecule has 1 aliphatic rings. The highest BCUT2D eigenvalue weighted by molar-refractivity contribution is 5.73. The summed E-state index contributed by atoms with van der Waals surface area (Å²) in [5.41, 5.74) is 0.161. The first-order chi connectivity index (χ1) is 10.7. The highest BCUT2D eigenvalue weighted by atomic mass is 16.6. The molecule has 128 valence electrons. The number of nitrogens with one attached hydrogen (secondary N) is 1. The van der Waals surface area contributed by atoms with Crippen LogP contribution in [0, 0.1) is 12.8 Å². The van der Waals surface area contributed by atoms with E-state index < -0.39 is 5.60 Å². The summed E-state index contributed by atoms with van der Waals surface area (Å²) in [7, 11) is 0. The van der Waals surface area contributed by atoms with Crippen molar-refractivity contribution in [3.05, 3.63) is 27.9 Å². The molecule has 0 unspecified atom stereocenters. The predicted molar refractivity (Wildman–Crippen MR) is 88.2 cm³/mol. The highest BCUT2D eigenvalue weighted by Crippen LogP contribution is 2.26. The lowest BCUT2D eigenvalue weighted by atomic mass is 9.95. The van der Waals surface area contributed by atoms with Crippen molar-refractivity contribution in [1.29, 1.82) is 0 Å². The summed E-state index contributed by atoms with van der Waals surface area (Å²) in [4.78, 5) is 33.2. The van der Waals surface area contributed by atoms with Gasteiger partial charge >= 0.3 is 5.97 Å². The van der Waals surface area contributed by atoms with Crippen molar-refractivity contribution in [2.75, 3.05) is 13.1 Å². The molecule has 1 N–H and O–H groups in total. The largest absolute Gasteiger partial charge is 0.460 e. The number of likely N-dealkylation sites (tertiary alicyclic amines) is 1. The number of esters is 1. The third-order valence-electron chi connectivity index (χ3n) is 4.10. The van der Waals surface area contributed by atoms with Crippen LogP contribution in [0.3, 0.4) is 0 Å². The highest BCUT2D eigenvalue weighted by Gasteiger charge is 2.31. The van der Waals surface area contributed by atoms with Crippen LogP contribution < -0.4 is 5.56 Å². The number of aromatic nitrogens is 2. The molecule has 0 bridgehead atoms. The molecule has 0 aromatic carbocycles. The van der Waals surface area contributed by atoms with E-state index in [9.17, 15) is 9.59 Å². The van der Waals surface area contributed by atoms with E-state index in [1.54, 1.807) is 0 Å². The second-order valence-corrected chi connectivity index (χ2v) is 7.29. The Labute approximate surface area is 137 Å². The van der Waals surface area contributed by atoms with E-state index in [1.807, 2.05) is 34.6 Å². The minimum atomic E-state index is -0.438. The molecule has 6 heteroatoms. The molecule has 6 nitrogen and oxygen atoms in total. The summed E-state index contributed by atoms with van der Waals surface area (Å²) < 4.78 is 5.47. The zero-order chi connectivity index (χ0) is 17.2. The van der Waals surface area contributed by atoms with Crippen LogP contribution in [0.5, 0.6) is 0 Å². The maximum Gasteiger partial charge on any atom is 0.309 e. The van der Waals surface area contributed by atoms with Crippen molar-refractivity contribution in [1.82, 2.24) is 14.9 Å². The fourth-order valence-corrected chi connectivity index (χ4v) is 2.88. The number of ether oxygens (including phenoxy) is 1. The number of aryl methyl sites for hydroxylation is 1. The molecule has 23 heavy (non-hydrogen) atoms. The first-order valence-corrected chi connectivity index (χ1v) is 8.20. The van der Waals surface area contributed by atoms with Crippen LogP contribution in [0.15, 0.2) is 10.9 Å². The van der Waals surface area contributed by atoms with Crippen LogP contribution in [0.1, 0.15) is 58.1 Å². The predicted octanol–water partition coefficient (Wildman–Crippen LogP) is 2.19. The fourth-order valence-electron chi connectivity index (χ4n) is 2.88. The summed E-state index contributed by atoms with van der Waals surface area (Å²) in [5, 5.41) is 0. The topological polar surface area (TPSA) is 75.3 Å². The van der Waals surface area contributed by atoms with Crippen molar-refractivity contribution in [2.24, 2.45) is 5.92 Å². The van der Waals surface area contributed by atoms with Gasteiger partial charge in [-0.1, -0.05) is 0 Å². The lowest BCUT2D eigenvalue weighted by molar-refractivity contribution is -0.161. The third-order valence-corrected chi connectivity index (χ3v) is 4.10. The molecule has 2 rings (SSSR count). The van der Waals surface area contributed by atoms with Gasteiger partial charge < -0.3 is 9.72 Å². The third kappa shape index (κ3) is 4.89. The molecule has 0 spiro atoms. The van der Waals surface area contributed by atoms with Crippen LogP contribution >= 0.6 is 0 Å². The quantitative estimate of drug-likeness (QED) is 0.864. The Morgan fingerprint density at radius 1 is 1.39 bits per heavy atom. The van der Waals surface area contributed by atoms with Gasteiger partial charge in [-0.3, -0.25) is 14.5 Å². The Morgan fingerprint density at radius 3 is 2.52 bits per heavy atom. The molecule has 0 aliphatic carbocycles. The molecular weight excluding hydrogens is 294 g/mol. The van der Waals surface area contributed by atoms with Gasteiger partial charge in [0.05, 0.1) is 12.0 Å². The number of rotatable bonds is 3. The van der Waals surface area contributed by atoms with E-state index in [0.717, 1.165) is 31.6 Å². The van der Waals surface area contributed by atoms with Gasteiger partial charge in [-0.2, -0.15) is 0 Å². The van der Waals surface area contributed by atoms with Crippen LogP contribution in [-0.4, -0.2) is 39.5 Å². The Balaban J connectivity index is 1.96. The average molecular weight is 321 g/mol. The first-order valence-electron chi connectivity index (χ1n) is 8.20. The van der Waals surface area contributed by atoms with Crippen molar-refractivity contribution in [3.8, 4) is 0 Å². The van der Waals surface area contributed by atoms with E-state index in [0.29, 0.717) is 5.82 Å². The van der Waals surface area contributed by atoms with E-state index >= 15 is 0 Å². The minimum absolute atomic E-state index is 0.0298. The van der Waals surface area contributed by atoms with Crippen LogP contribution in [0.4, 0.5) is 0 Å². The molecule has 1 aliphatic heterocycles. The lowest BCUT2D eigenvalue weighted by Gasteiger charge is -2.35. The van der Waals surface area contributed by atoms with Gasteiger partial charge in [-0.25, -0.2) is 4.98 Å². The average Bonchev–Trinajstić information content (AvgIpc) is 2.44. The summed E-state index contributed by atoms with van der Waals surface area (Å²) in [6, 6.07) is 1.52. The Hall–Kier alpha value is -1.69. The lowest BCUT2D eigenvalue weighted by Crippen LogP contribution is -2.40. The summed E-state index contributed by atoms with van der Waals surface area (Å²) in [5.74, 6) is 0.541. The summed E-state index contributed by atoms with van der Waals surface area (Å²) >= 11 is 0. The number of piperidine rings is 1. The molecule has 2 heterocycles. The van der Waals surface area contributed by atoms with Gasteiger partial charge in [0.2, 0.25) is 0 Å². The molecule has 1 aromatic heterocycles. The second-order valence-electron chi connectivity index (χ2n) is 7.29. The molecule has 0 amide bonds. The normalized spacial score (nSPS) is 18.7. The number of aromatic amines is 1. The smallest absolute Gasteiger partial charge is 0.309 e. The Bertz CT molecular complexity index is 610. The maximum absolute atomic E-state index is 12.1. The van der Waals surface area contributed by atoms with Gasteiger partial charge in [-0.15, -0.1) is 0 Å². The molecule has 1 saturated heterocycles. The molecule has 0 saturated carbocycles. The minimum Gasteiger partial charge on any atom is -0.460 e. The maximum atomic E-state index is 12.1. The molecular formula is C17H27N3O3. The summed E-state index contributed by atoms with van der Waals surface area (Å²) in [6.07, 6.45) is 1.55. The SMILES string of the molecule is Cc1cc(=O)[nH]c([C@H](C)N2CCC(C(=O)OC(C)(C)C)CC2)n1. The fraction of sp³-hybridized carbons (Fsp3) is 0.706. The summed E-state index contributed by atoms with van der Waals surface area (Å²) in [6.45, 7) is 11.1. The second kappa shape index (κ2) is 6.83. The van der Waals surface area contributed by atoms with Gasteiger partial charge in [0.15, 0.2) is 0 Å². The molecule has 1 fully saturated rings. The van der Waals surface area contributed by atoms with Crippen LogP contribution in [0.2, 0.25) is 0 Å². The number of hydrogen-bond acceptors (Lipinski definition) is 5. The number of H-pyrrole nitrogens is 1. The number of carbonyl (C=O) groups excluding carboxylic acids is 1. The Morgan fingerprint density at radius 2 is 2.00 bits per heavy atom. The molecule has 0 radical (unpaired) electrons. The zero-order valence-electron chi connectivity index (χ0n) is 14.7. The number of carbonyl (C=O) groups is 1. The molecule has 1 atom stereocenters. The van der Waals surface area contributed by atoms with E-state index in [2.05, 4.69) is 14.9 Å².